The smallest absolute Gasteiger partial charge is 0.318 e. The average Bonchev–Trinajstić information content (AvgIpc) is 3.04. The number of halogens is 1. The fourth-order valence-corrected chi connectivity index (χ4v) is 5.74. The fourth-order valence-electron chi connectivity index (χ4n) is 5.63. The van der Waals surface area contributed by atoms with Crippen LogP contribution in [0.1, 0.15) is 63.7 Å². The van der Waals surface area contributed by atoms with Crippen molar-refractivity contribution >= 4 is 40.2 Å². The topological polar surface area (TPSA) is 110 Å². The molecule has 0 radical (unpaired) electrons. The zero-order valence-electron chi connectivity index (χ0n) is 27.3. The molecule has 1 aromatic heterocycles. The lowest BCUT2D eigenvalue weighted by molar-refractivity contribution is 0.0303. The summed E-state index contributed by atoms with van der Waals surface area (Å²) in [4.78, 5) is 53.0. The lowest BCUT2D eigenvalue weighted by Gasteiger charge is -2.26. The minimum absolute atomic E-state index is 0.0398. The molecule has 0 atom stereocenters. The summed E-state index contributed by atoms with van der Waals surface area (Å²) in [5, 5.41) is 4.82. The third kappa shape index (κ3) is 7.99. The van der Waals surface area contributed by atoms with Gasteiger partial charge in [-0.3, -0.25) is 19.2 Å². The summed E-state index contributed by atoms with van der Waals surface area (Å²) < 4.78 is 6.87. The Labute approximate surface area is 279 Å². The molecule has 47 heavy (non-hydrogen) atoms. The molecule has 1 aliphatic heterocycles. The van der Waals surface area contributed by atoms with Crippen molar-refractivity contribution < 1.29 is 19.1 Å². The quantitative estimate of drug-likeness (QED) is 0.169. The Morgan fingerprint density at radius 3 is 2.15 bits per heavy atom. The first-order valence-electron chi connectivity index (χ1n) is 15.5. The van der Waals surface area contributed by atoms with E-state index >= 15 is 0 Å². The van der Waals surface area contributed by atoms with Gasteiger partial charge in [-0.25, -0.2) is 0 Å². The highest BCUT2D eigenvalue weighted by Crippen LogP contribution is 2.33. The molecule has 5 rings (SSSR count). The largest absolute Gasteiger partial charge is 0.378 e. The van der Waals surface area contributed by atoms with E-state index < -0.39 is 5.37 Å². The molecule has 3 amide bonds. The van der Waals surface area contributed by atoms with Crippen molar-refractivity contribution in [1.29, 1.82) is 0 Å². The number of morpholine rings is 1. The summed E-state index contributed by atoms with van der Waals surface area (Å²) in [6, 6.07) is 20.0. The van der Waals surface area contributed by atoms with Gasteiger partial charge in [-0.05, 0) is 94.2 Å². The van der Waals surface area contributed by atoms with E-state index in [0.717, 1.165) is 22.3 Å². The molecule has 0 bridgehead atoms. The molecule has 9 nitrogen and oxygen atoms in total. The van der Waals surface area contributed by atoms with Gasteiger partial charge in [0.05, 0.1) is 13.2 Å². The molecule has 1 fully saturated rings. The number of nitrogens with zero attached hydrogens (tertiary/aromatic N) is 2. The number of aryl methyl sites for hydroxylation is 1. The van der Waals surface area contributed by atoms with Crippen molar-refractivity contribution in [3.05, 3.63) is 117 Å². The Hall–Kier alpha value is -4.73. The van der Waals surface area contributed by atoms with E-state index in [2.05, 4.69) is 31.4 Å². The minimum atomic E-state index is -0.772. The number of anilines is 2. The van der Waals surface area contributed by atoms with Crippen LogP contribution in [-0.2, 0) is 23.6 Å². The van der Waals surface area contributed by atoms with Crippen LogP contribution in [0.3, 0.4) is 0 Å². The predicted octanol–water partition coefficient (Wildman–Crippen LogP) is 6.74. The molecular weight excluding hydrogens is 616 g/mol. The zero-order valence-corrected chi connectivity index (χ0v) is 28.0. The summed E-state index contributed by atoms with van der Waals surface area (Å²) in [6.45, 7) is 10.4. The Morgan fingerprint density at radius 2 is 1.53 bits per heavy atom. The van der Waals surface area contributed by atoms with E-state index in [1.165, 1.54) is 4.57 Å². The molecule has 0 spiro atoms. The summed E-state index contributed by atoms with van der Waals surface area (Å²) in [7, 11) is 1.68. The highest BCUT2D eigenvalue weighted by Gasteiger charge is 2.20. The molecule has 244 valence electrons. The summed E-state index contributed by atoms with van der Waals surface area (Å²) in [5.41, 5.74) is 6.46. The Balaban J connectivity index is 1.44. The number of carbonyl (C=O) groups is 3. The first kappa shape index (κ1) is 33.6. The van der Waals surface area contributed by atoms with Crippen molar-refractivity contribution in [2.45, 2.75) is 39.5 Å². The van der Waals surface area contributed by atoms with Crippen LogP contribution in [0.4, 0.5) is 16.2 Å². The maximum atomic E-state index is 13.3. The lowest BCUT2D eigenvalue weighted by atomic mass is 9.86. The SMILES string of the molecule is Cc1c(NC(=O)c2ccc(C(C)(C)C)cc2)cc(NC(=O)Cl)cc1-c1cc(Cc2ccc(C(=O)N3CCOCC3)cc2)c(=O)n(C)c1. The second-order valence-corrected chi connectivity index (χ2v) is 13.2. The van der Waals surface area contributed by atoms with Crippen LogP contribution in [-0.4, -0.2) is 53.0 Å². The van der Waals surface area contributed by atoms with Gasteiger partial charge >= 0.3 is 5.37 Å². The number of carbonyl (C=O) groups excluding carboxylic acids is 3. The molecule has 0 aliphatic carbocycles. The molecule has 3 aromatic carbocycles. The van der Waals surface area contributed by atoms with Crippen LogP contribution in [0, 0.1) is 6.92 Å². The first-order chi connectivity index (χ1) is 22.3. The number of nitrogens with one attached hydrogen (secondary N) is 2. The van der Waals surface area contributed by atoms with Crippen LogP contribution >= 0.6 is 11.6 Å². The monoisotopic (exact) mass is 654 g/mol. The van der Waals surface area contributed by atoms with Gasteiger partial charge < -0.3 is 24.8 Å². The van der Waals surface area contributed by atoms with Crippen LogP contribution in [0.5, 0.6) is 0 Å². The summed E-state index contributed by atoms with van der Waals surface area (Å²) >= 11 is 5.68. The van der Waals surface area contributed by atoms with Gasteiger partial charge in [-0.2, -0.15) is 0 Å². The normalized spacial score (nSPS) is 13.3. The number of amides is 3. The molecular formula is C37H39ClN4O5. The molecule has 1 aliphatic rings. The van der Waals surface area contributed by atoms with E-state index in [9.17, 15) is 19.2 Å². The number of hydrogen-bond donors (Lipinski definition) is 2. The van der Waals surface area contributed by atoms with Gasteiger partial charge in [0.1, 0.15) is 0 Å². The van der Waals surface area contributed by atoms with Crippen LogP contribution in [0.15, 0.2) is 77.7 Å². The molecule has 2 heterocycles. The number of benzene rings is 3. The van der Waals surface area contributed by atoms with E-state index in [1.54, 1.807) is 54.5 Å². The van der Waals surface area contributed by atoms with Crippen LogP contribution < -0.4 is 16.2 Å². The lowest BCUT2D eigenvalue weighted by Crippen LogP contribution is -2.40. The van der Waals surface area contributed by atoms with E-state index in [0.29, 0.717) is 66.4 Å². The van der Waals surface area contributed by atoms with Gasteiger partial charge in [0, 0.05) is 60.8 Å². The Bertz CT molecular complexity index is 1870. The van der Waals surface area contributed by atoms with Crippen LogP contribution in [0.25, 0.3) is 11.1 Å². The Kier molecular flexibility index (Phi) is 9.98. The second-order valence-electron chi connectivity index (χ2n) is 12.8. The number of ether oxygens (including phenoxy) is 1. The van der Waals surface area contributed by atoms with Crippen LogP contribution in [0.2, 0.25) is 0 Å². The van der Waals surface area contributed by atoms with Gasteiger partial charge in [-0.1, -0.05) is 45.0 Å². The van der Waals surface area contributed by atoms with E-state index in [4.69, 9.17) is 16.3 Å². The second kappa shape index (κ2) is 13.9. The molecule has 1 saturated heterocycles. The highest BCUT2D eigenvalue weighted by atomic mass is 35.5. The number of hydrogen-bond acceptors (Lipinski definition) is 5. The van der Waals surface area contributed by atoms with Gasteiger partial charge in [0.2, 0.25) is 0 Å². The maximum absolute atomic E-state index is 13.3. The third-order valence-corrected chi connectivity index (χ3v) is 8.47. The molecule has 10 heteroatoms. The number of aromatic nitrogens is 1. The van der Waals surface area contributed by atoms with Crippen molar-refractivity contribution in [1.82, 2.24) is 9.47 Å². The van der Waals surface area contributed by atoms with E-state index in [1.807, 2.05) is 37.3 Å². The highest BCUT2D eigenvalue weighted by molar-refractivity contribution is 6.65. The molecule has 0 saturated carbocycles. The first-order valence-corrected chi connectivity index (χ1v) is 15.9. The predicted molar refractivity (Wildman–Crippen MR) is 186 cm³/mol. The maximum Gasteiger partial charge on any atom is 0.318 e. The summed E-state index contributed by atoms with van der Waals surface area (Å²) in [5.74, 6) is -0.340. The molecule has 0 unspecified atom stereocenters. The Morgan fingerprint density at radius 1 is 0.894 bits per heavy atom. The van der Waals surface area contributed by atoms with Gasteiger partial charge in [-0.15, -0.1) is 0 Å². The van der Waals surface area contributed by atoms with Crippen molar-refractivity contribution in [2.24, 2.45) is 7.05 Å². The van der Waals surface area contributed by atoms with Gasteiger partial charge in [0.25, 0.3) is 17.4 Å². The molecule has 4 aromatic rings. The number of rotatable bonds is 7. The fraction of sp³-hybridized carbons (Fsp3) is 0.297. The average molecular weight is 655 g/mol. The standard InChI is InChI=1S/C37H39ClN4O5/c1-23-31(20-30(39-36(38)46)21-32(23)40-33(43)25-10-12-29(13-11-25)37(2,3)4)28-19-27(34(44)41(5)22-28)18-24-6-8-26(9-7-24)35(45)42-14-16-47-17-15-42/h6-13,19-22H,14-18H2,1-5H3,(H,39,46)(H,40,43). The van der Waals surface area contributed by atoms with Crippen molar-refractivity contribution in [3.8, 4) is 11.1 Å². The van der Waals surface area contributed by atoms with Crippen molar-refractivity contribution in [3.63, 3.8) is 0 Å². The van der Waals surface area contributed by atoms with E-state index in [-0.39, 0.29) is 22.8 Å². The van der Waals surface area contributed by atoms with Crippen molar-refractivity contribution in [2.75, 3.05) is 36.9 Å². The molecule has 2 N–H and O–H groups in total. The van der Waals surface area contributed by atoms with Gasteiger partial charge in [0.15, 0.2) is 0 Å². The minimum Gasteiger partial charge on any atom is -0.378 e. The summed E-state index contributed by atoms with van der Waals surface area (Å²) in [6.07, 6.45) is 2.07. The third-order valence-electron chi connectivity index (χ3n) is 8.37. The zero-order chi connectivity index (χ0) is 33.9. The number of pyridine rings is 1.